The van der Waals surface area contributed by atoms with Crippen LogP contribution in [0.4, 0.5) is 0 Å². The molecule has 1 atom stereocenters. The van der Waals surface area contributed by atoms with Crippen molar-refractivity contribution in [2.24, 2.45) is 0 Å². The second-order valence-electron chi connectivity index (χ2n) is 7.76. The molecule has 168 valence electrons. The van der Waals surface area contributed by atoms with Crippen LogP contribution in [0.2, 0.25) is 0 Å². The maximum Gasteiger partial charge on any atom is 0.243 e. The van der Waals surface area contributed by atoms with Crippen molar-refractivity contribution in [3.63, 3.8) is 0 Å². The van der Waals surface area contributed by atoms with E-state index >= 15 is 0 Å². The van der Waals surface area contributed by atoms with E-state index in [1.807, 2.05) is 24.3 Å². The highest BCUT2D eigenvalue weighted by atomic mass is 32.2. The van der Waals surface area contributed by atoms with Gasteiger partial charge in [-0.1, -0.05) is 42.5 Å². The summed E-state index contributed by atoms with van der Waals surface area (Å²) in [5, 5.41) is 0. The van der Waals surface area contributed by atoms with Gasteiger partial charge in [0.2, 0.25) is 10.0 Å². The molecule has 1 fully saturated rings. The fourth-order valence-electron chi connectivity index (χ4n) is 4.01. The monoisotopic (exact) mass is 471 g/mol. The zero-order chi connectivity index (χ0) is 22.8. The van der Waals surface area contributed by atoms with E-state index in [1.54, 1.807) is 61.7 Å². The van der Waals surface area contributed by atoms with Gasteiger partial charge in [0.1, 0.15) is 5.75 Å². The van der Waals surface area contributed by atoms with Crippen LogP contribution in [0.3, 0.4) is 0 Å². The molecular formula is C24H25NO5S2. The Bertz CT molecular complexity index is 1270. The normalized spacial score (nSPS) is 17.3. The van der Waals surface area contributed by atoms with Gasteiger partial charge in [0.05, 0.1) is 22.7 Å². The largest absolute Gasteiger partial charge is 0.497 e. The number of methoxy groups -OCH3 is 1. The molecule has 0 aromatic heterocycles. The Kier molecular flexibility index (Phi) is 6.37. The lowest BCUT2D eigenvalue weighted by Gasteiger charge is -2.24. The van der Waals surface area contributed by atoms with Gasteiger partial charge in [-0.25, -0.2) is 16.8 Å². The van der Waals surface area contributed by atoms with E-state index in [9.17, 15) is 16.8 Å². The highest BCUT2D eigenvalue weighted by Gasteiger charge is 2.38. The summed E-state index contributed by atoms with van der Waals surface area (Å²) in [6, 6.07) is 21.8. The summed E-state index contributed by atoms with van der Waals surface area (Å²) in [7, 11) is -5.78. The van der Waals surface area contributed by atoms with Gasteiger partial charge in [-0.2, -0.15) is 4.31 Å². The number of benzene rings is 3. The summed E-state index contributed by atoms with van der Waals surface area (Å²) >= 11 is 0. The molecule has 0 spiro atoms. The summed E-state index contributed by atoms with van der Waals surface area (Å²) in [6.45, 7) is 0.317. The molecule has 1 aliphatic heterocycles. The van der Waals surface area contributed by atoms with Gasteiger partial charge in [-0.05, 0) is 60.4 Å². The Labute approximate surface area is 189 Å². The minimum Gasteiger partial charge on any atom is -0.497 e. The standard InChI is InChI=1S/C24H25NO5S2/c1-30-22-13-9-19(10-14-22)20-11-15-24(16-12-20)32(28,29)25-17-5-6-21(25)18-31(26,27)23-7-3-2-4-8-23/h2-4,7-16,21H,5-6,17-18H2,1H3. The lowest BCUT2D eigenvalue weighted by Crippen LogP contribution is -2.39. The molecule has 0 amide bonds. The maximum absolute atomic E-state index is 13.3. The first-order chi connectivity index (χ1) is 15.3. The van der Waals surface area contributed by atoms with Crippen molar-refractivity contribution >= 4 is 19.9 Å². The molecule has 0 bridgehead atoms. The molecule has 4 rings (SSSR count). The van der Waals surface area contributed by atoms with Crippen molar-refractivity contribution < 1.29 is 21.6 Å². The van der Waals surface area contributed by atoms with Gasteiger partial charge in [-0.3, -0.25) is 0 Å². The Morgan fingerprint density at radius 1 is 0.812 bits per heavy atom. The second-order valence-corrected chi connectivity index (χ2v) is 11.7. The average Bonchev–Trinajstić information content (AvgIpc) is 3.28. The van der Waals surface area contributed by atoms with Crippen molar-refractivity contribution in [3.05, 3.63) is 78.9 Å². The predicted octanol–water partition coefficient (Wildman–Crippen LogP) is 3.99. The molecule has 0 N–H and O–H groups in total. The van der Waals surface area contributed by atoms with Crippen LogP contribution in [0.5, 0.6) is 5.75 Å². The lowest BCUT2D eigenvalue weighted by atomic mass is 10.1. The molecule has 1 aliphatic rings. The van der Waals surface area contributed by atoms with Crippen LogP contribution < -0.4 is 4.74 Å². The average molecular weight is 472 g/mol. The molecule has 6 nitrogen and oxygen atoms in total. The zero-order valence-electron chi connectivity index (χ0n) is 17.7. The van der Waals surface area contributed by atoms with Crippen LogP contribution in [0, 0.1) is 0 Å². The van der Waals surface area contributed by atoms with E-state index in [4.69, 9.17) is 4.74 Å². The van der Waals surface area contributed by atoms with Crippen LogP contribution in [-0.4, -0.2) is 46.6 Å². The number of hydrogen-bond acceptors (Lipinski definition) is 5. The first-order valence-corrected chi connectivity index (χ1v) is 13.4. The van der Waals surface area contributed by atoms with Gasteiger partial charge in [-0.15, -0.1) is 0 Å². The van der Waals surface area contributed by atoms with E-state index in [0.717, 1.165) is 16.9 Å². The number of rotatable bonds is 7. The third-order valence-corrected chi connectivity index (χ3v) is 9.50. The molecule has 0 radical (unpaired) electrons. The summed E-state index contributed by atoms with van der Waals surface area (Å²) in [5.41, 5.74) is 1.83. The van der Waals surface area contributed by atoms with Crippen LogP contribution in [0.25, 0.3) is 11.1 Å². The topological polar surface area (TPSA) is 80.8 Å². The van der Waals surface area contributed by atoms with Crippen molar-refractivity contribution in [2.75, 3.05) is 19.4 Å². The Morgan fingerprint density at radius 2 is 1.41 bits per heavy atom. The summed E-state index contributed by atoms with van der Waals surface area (Å²) in [4.78, 5) is 0.381. The third-order valence-electron chi connectivity index (χ3n) is 5.72. The fourth-order valence-corrected chi connectivity index (χ4v) is 7.41. The third kappa shape index (κ3) is 4.57. The van der Waals surface area contributed by atoms with E-state index in [2.05, 4.69) is 0 Å². The first-order valence-electron chi connectivity index (χ1n) is 10.4. The maximum atomic E-state index is 13.3. The fraction of sp³-hybridized carbons (Fsp3) is 0.250. The minimum atomic E-state index is -3.80. The molecule has 0 saturated carbocycles. The molecule has 1 saturated heterocycles. The van der Waals surface area contributed by atoms with Gasteiger partial charge in [0.15, 0.2) is 9.84 Å². The number of nitrogens with zero attached hydrogens (tertiary/aromatic N) is 1. The SMILES string of the molecule is COc1ccc(-c2ccc(S(=O)(=O)N3CCCC3CS(=O)(=O)c3ccccc3)cc2)cc1. The van der Waals surface area contributed by atoms with E-state index in [1.165, 1.54) is 4.31 Å². The molecule has 1 unspecified atom stereocenters. The number of ether oxygens (including phenoxy) is 1. The molecule has 3 aromatic rings. The van der Waals surface area contributed by atoms with Gasteiger partial charge < -0.3 is 4.74 Å². The zero-order valence-corrected chi connectivity index (χ0v) is 19.3. The lowest BCUT2D eigenvalue weighted by molar-refractivity contribution is 0.408. The second kappa shape index (κ2) is 9.05. The minimum absolute atomic E-state index is 0.166. The van der Waals surface area contributed by atoms with Gasteiger partial charge >= 0.3 is 0 Å². The molecule has 1 heterocycles. The molecule has 3 aromatic carbocycles. The van der Waals surface area contributed by atoms with Gasteiger partial charge in [0.25, 0.3) is 0 Å². The highest BCUT2D eigenvalue weighted by molar-refractivity contribution is 7.91. The Morgan fingerprint density at radius 3 is 2.00 bits per heavy atom. The number of sulfonamides is 1. The number of hydrogen-bond donors (Lipinski definition) is 0. The molecule has 8 heteroatoms. The molecular weight excluding hydrogens is 446 g/mol. The summed E-state index contributed by atoms with van der Waals surface area (Å²) in [5.74, 6) is 0.527. The highest BCUT2D eigenvalue weighted by Crippen LogP contribution is 2.30. The van der Waals surface area contributed by atoms with Crippen molar-refractivity contribution in [2.45, 2.75) is 28.7 Å². The van der Waals surface area contributed by atoms with Crippen molar-refractivity contribution in [1.29, 1.82) is 0 Å². The molecule has 0 aliphatic carbocycles. The Balaban J connectivity index is 1.55. The van der Waals surface area contributed by atoms with E-state index in [-0.39, 0.29) is 15.5 Å². The van der Waals surface area contributed by atoms with Crippen molar-refractivity contribution in [1.82, 2.24) is 4.31 Å². The quantitative estimate of drug-likeness (QED) is 0.521. The van der Waals surface area contributed by atoms with Gasteiger partial charge in [0, 0.05) is 12.6 Å². The number of sulfone groups is 1. The predicted molar refractivity (Wildman–Crippen MR) is 124 cm³/mol. The van der Waals surface area contributed by atoms with Crippen LogP contribution in [-0.2, 0) is 19.9 Å². The smallest absolute Gasteiger partial charge is 0.243 e. The Hall–Kier alpha value is -2.68. The first kappa shape index (κ1) is 22.5. The summed E-state index contributed by atoms with van der Waals surface area (Å²) in [6.07, 6.45) is 1.16. The van der Waals surface area contributed by atoms with Crippen LogP contribution >= 0.6 is 0 Å². The van der Waals surface area contributed by atoms with E-state index < -0.39 is 25.9 Å². The summed E-state index contributed by atoms with van der Waals surface area (Å²) < 4.78 is 58.8. The van der Waals surface area contributed by atoms with Crippen molar-refractivity contribution in [3.8, 4) is 16.9 Å². The van der Waals surface area contributed by atoms with Crippen LogP contribution in [0.15, 0.2) is 88.7 Å². The van der Waals surface area contributed by atoms with E-state index in [0.29, 0.717) is 19.4 Å². The molecule has 32 heavy (non-hydrogen) atoms. The van der Waals surface area contributed by atoms with Crippen LogP contribution in [0.1, 0.15) is 12.8 Å².